The number of hydrogen-bond donors (Lipinski definition) is 0. The molecule has 35 heavy (non-hydrogen) atoms. The molecule has 0 radical (unpaired) electrons. The predicted octanol–water partition coefficient (Wildman–Crippen LogP) is 4.24. The van der Waals surface area contributed by atoms with E-state index in [1.165, 1.54) is 71.2 Å². The minimum absolute atomic E-state index is 0.273. The first-order chi connectivity index (χ1) is 17.2. The van der Waals surface area contributed by atoms with Crippen LogP contribution in [0.15, 0.2) is 24.3 Å². The monoisotopic (exact) mass is 482 g/mol. The fourth-order valence-electron chi connectivity index (χ4n) is 6.72. The first-order valence-electron chi connectivity index (χ1n) is 14.4. The van der Waals surface area contributed by atoms with Crippen molar-refractivity contribution in [3.8, 4) is 5.75 Å². The van der Waals surface area contributed by atoms with Crippen LogP contribution in [0.1, 0.15) is 64.7 Å². The third-order valence-corrected chi connectivity index (χ3v) is 9.00. The average molecular weight is 483 g/mol. The molecule has 1 amide bonds. The highest BCUT2D eigenvalue weighted by Crippen LogP contribution is 2.29. The number of anilines is 1. The number of amides is 1. The third-order valence-electron chi connectivity index (χ3n) is 9.00. The van der Waals surface area contributed by atoms with Crippen molar-refractivity contribution in [3.05, 3.63) is 24.3 Å². The van der Waals surface area contributed by atoms with Gasteiger partial charge in [-0.1, -0.05) is 12.8 Å². The lowest BCUT2D eigenvalue weighted by atomic mass is 10.0. The highest BCUT2D eigenvalue weighted by molar-refractivity contribution is 5.95. The lowest BCUT2D eigenvalue weighted by Crippen LogP contribution is -2.49. The second-order valence-corrected chi connectivity index (χ2v) is 11.4. The van der Waals surface area contributed by atoms with Crippen molar-refractivity contribution >= 4 is 11.6 Å². The third kappa shape index (κ3) is 6.58. The Morgan fingerprint density at radius 1 is 0.914 bits per heavy atom. The molecule has 194 valence electrons. The van der Waals surface area contributed by atoms with Crippen molar-refractivity contribution in [2.75, 3.05) is 63.9 Å². The minimum atomic E-state index is 0.273. The molecule has 1 aromatic rings. The van der Waals surface area contributed by atoms with Crippen molar-refractivity contribution in [2.24, 2.45) is 5.92 Å². The predicted molar refractivity (Wildman–Crippen MR) is 142 cm³/mol. The maximum atomic E-state index is 12.7. The summed E-state index contributed by atoms with van der Waals surface area (Å²) in [4.78, 5) is 22.6. The Kier molecular flexibility index (Phi) is 8.64. The van der Waals surface area contributed by atoms with Gasteiger partial charge in [0.05, 0.1) is 6.61 Å². The maximum absolute atomic E-state index is 12.7. The Morgan fingerprint density at radius 2 is 1.69 bits per heavy atom. The molecular formula is C29H46N4O2. The lowest BCUT2D eigenvalue weighted by molar-refractivity contribution is -0.117. The highest BCUT2D eigenvalue weighted by atomic mass is 16.5. The van der Waals surface area contributed by atoms with Crippen molar-refractivity contribution in [3.63, 3.8) is 0 Å². The van der Waals surface area contributed by atoms with Crippen molar-refractivity contribution in [2.45, 2.75) is 76.8 Å². The molecule has 3 heterocycles. The summed E-state index contributed by atoms with van der Waals surface area (Å²) in [5.74, 6) is 1.65. The number of benzene rings is 1. The summed E-state index contributed by atoms with van der Waals surface area (Å²) in [5.41, 5.74) is 1.01. The average Bonchev–Trinajstić information content (AvgIpc) is 3.63. The van der Waals surface area contributed by atoms with E-state index in [-0.39, 0.29) is 5.91 Å². The summed E-state index contributed by atoms with van der Waals surface area (Å²) >= 11 is 0. The van der Waals surface area contributed by atoms with Crippen LogP contribution >= 0.6 is 0 Å². The van der Waals surface area contributed by atoms with E-state index in [0.29, 0.717) is 12.3 Å². The Labute approximate surface area is 212 Å². The first kappa shape index (κ1) is 25.0. The van der Waals surface area contributed by atoms with Crippen LogP contribution in [0.3, 0.4) is 0 Å². The van der Waals surface area contributed by atoms with E-state index in [2.05, 4.69) is 33.8 Å². The summed E-state index contributed by atoms with van der Waals surface area (Å²) < 4.78 is 5.97. The second kappa shape index (κ2) is 12.1. The van der Waals surface area contributed by atoms with Crippen LogP contribution in [0.2, 0.25) is 0 Å². The SMILES string of the molecule is CC1CCCN1CCCOc1ccc(N2CC(CCN3CCN(C4CCCC4)CC3)CC2=O)cc1. The summed E-state index contributed by atoms with van der Waals surface area (Å²) in [6, 6.07) is 9.74. The largest absolute Gasteiger partial charge is 0.494 e. The molecule has 5 rings (SSSR count). The second-order valence-electron chi connectivity index (χ2n) is 11.4. The zero-order valence-corrected chi connectivity index (χ0v) is 21.9. The molecule has 1 aromatic carbocycles. The molecule has 4 aliphatic rings. The van der Waals surface area contributed by atoms with Gasteiger partial charge in [-0.05, 0) is 88.7 Å². The quantitative estimate of drug-likeness (QED) is 0.467. The van der Waals surface area contributed by atoms with E-state index in [4.69, 9.17) is 4.74 Å². The van der Waals surface area contributed by atoms with Crippen LogP contribution in [0, 0.1) is 5.92 Å². The van der Waals surface area contributed by atoms with Crippen LogP contribution in [0.25, 0.3) is 0 Å². The summed E-state index contributed by atoms with van der Waals surface area (Å²) in [5, 5.41) is 0. The van der Waals surface area contributed by atoms with E-state index in [1.54, 1.807) is 0 Å². The summed E-state index contributed by atoms with van der Waals surface area (Å²) in [6.45, 7) is 12.3. The summed E-state index contributed by atoms with van der Waals surface area (Å²) in [6.07, 6.45) is 11.2. The number of piperazine rings is 1. The zero-order chi connectivity index (χ0) is 24.0. The van der Waals surface area contributed by atoms with Crippen molar-refractivity contribution in [1.82, 2.24) is 14.7 Å². The number of hydrogen-bond acceptors (Lipinski definition) is 5. The van der Waals surface area contributed by atoms with Gasteiger partial charge in [-0.2, -0.15) is 0 Å². The van der Waals surface area contributed by atoms with Gasteiger partial charge in [-0.25, -0.2) is 0 Å². The topological polar surface area (TPSA) is 39.3 Å². The fourth-order valence-corrected chi connectivity index (χ4v) is 6.72. The Hall–Kier alpha value is -1.63. The molecule has 3 saturated heterocycles. The molecule has 0 spiro atoms. The molecule has 6 heteroatoms. The van der Waals surface area contributed by atoms with E-state index in [0.717, 1.165) is 62.6 Å². The number of carbonyl (C=O) groups is 1. The number of nitrogens with zero attached hydrogens (tertiary/aromatic N) is 4. The summed E-state index contributed by atoms with van der Waals surface area (Å²) in [7, 11) is 0. The van der Waals surface area contributed by atoms with Gasteiger partial charge in [-0.3, -0.25) is 9.69 Å². The van der Waals surface area contributed by atoms with Crippen molar-refractivity contribution < 1.29 is 9.53 Å². The number of ether oxygens (including phenoxy) is 1. The fraction of sp³-hybridized carbons (Fsp3) is 0.759. The van der Waals surface area contributed by atoms with Gasteiger partial charge in [0.1, 0.15) is 5.75 Å². The van der Waals surface area contributed by atoms with Gasteiger partial charge in [-0.15, -0.1) is 0 Å². The number of likely N-dealkylation sites (tertiary alicyclic amines) is 1. The van der Waals surface area contributed by atoms with E-state index in [9.17, 15) is 4.79 Å². The molecule has 6 nitrogen and oxygen atoms in total. The zero-order valence-electron chi connectivity index (χ0n) is 21.9. The highest BCUT2D eigenvalue weighted by Gasteiger charge is 2.31. The Bertz CT molecular complexity index is 801. The smallest absolute Gasteiger partial charge is 0.227 e. The molecule has 0 aromatic heterocycles. The molecule has 2 atom stereocenters. The van der Waals surface area contributed by atoms with Crippen LogP contribution in [-0.4, -0.2) is 91.7 Å². The first-order valence-corrected chi connectivity index (χ1v) is 14.4. The molecule has 1 saturated carbocycles. The number of carbonyl (C=O) groups excluding carboxylic acids is 1. The van der Waals surface area contributed by atoms with Gasteiger partial charge >= 0.3 is 0 Å². The van der Waals surface area contributed by atoms with E-state index < -0.39 is 0 Å². The maximum Gasteiger partial charge on any atom is 0.227 e. The van der Waals surface area contributed by atoms with Crippen LogP contribution in [-0.2, 0) is 4.79 Å². The van der Waals surface area contributed by atoms with E-state index >= 15 is 0 Å². The molecule has 4 fully saturated rings. The standard InChI is InChI=1S/C29H46N4O2/c1-24-6-4-14-31(24)15-5-21-35-28-11-9-27(10-12-28)33-23-25(22-29(33)34)13-16-30-17-19-32(20-18-30)26-7-2-3-8-26/h9-12,24-26H,2-8,13-23H2,1H3. The van der Waals surface area contributed by atoms with Crippen LogP contribution < -0.4 is 9.64 Å². The van der Waals surface area contributed by atoms with E-state index in [1.807, 2.05) is 17.0 Å². The van der Waals surface area contributed by atoms with Gasteiger partial charge in [0.2, 0.25) is 5.91 Å². The lowest BCUT2D eigenvalue weighted by Gasteiger charge is -2.38. The van der Waals surface area contributed by atoms with Gasteiger partial charge in [0, 0.05) is 63.5 Å². The normalized spacial score (nSPS) is 27.3. The van der Waals surface area contributed by atoms with Gasteiger partial charge < -0.3 is 19.4 Å². The molecular weight excluding hydrogens is 436 g/mol. The van der Waals surface area contributed by atoms with Gasteiger partial charge in [0.25, 0.3) is 0 Å². The van der Waals surface area contributed by atoms with Gasteiger partial charge in [0.15, 0.2) is 0 Å². The Balaban J connectivity index is 1.00. The number of rotatable bonds is 10. The van der Waals surface area contributed by atoms with Crippen molar-refractivity contribution in [1.29, 1.82) is 0 Å². The molecule has 3 aliphatic heterocycles. The van der Waals surface area contributed by atoms with Crippen LogP contribution in [0.5, 0.6) is 5.75 Å². The molecule has 1 aliphatic carbocycles. The Morgan fingerprint density at radius 3 is 2.40 bits per heavy atom. The molecule has 2 unspecified atom stereocenters. The molecule has 0 bridgehead atoms. The molecule has 0 N–H and O–H groups in total. The minimum Gasteiger partial charge on any atom is -0.494 e. The van der Waals surface area contributed by atoms with Crippen LogP contribution in [0.4, 0.5) is 5.69 Å².